The van der Waals surface area contributed by atoms with Gasteiger partial charge in [-0.15, -0.1) is 11.3 Å². The molecule has 0 bridgehead atoms. The highest BCUT2D eigenvalue weighted by molar-refractivity contribution is 7.85. The average molecular weight is 432 g/mol. The molecule has 0 aliphatic carbocycles. The Labute approximate surface area is 169 Å². The molecule has 2 aromatic rings. The number of alkyl halides is 3. The van der Waals surface area contributed by atoms with Crippen molar-refractivity contribution in [1.82, 2.24) is 15.3 Å². The Hall–Kier alpha value is -1.58. The van der Waals surface area contributed by atoms with Crippen molar-refractivity contribution in [3.05, 3.63) is 40.2 Å². The van der Waals surface area contributed by atoms with E-state index >= 15 is 0 Å². The van der Waals surface area contributed by atoms with Crippen molar-refractivity contribution in [3.63, 3.8) is 0 Å². The summed E-state index contributed by atoms with van der Waals surface area (Å²) in [5, 5.41) is 3.12. The maximum absolute atomic E-state index is 13.1. The van der Waals surface area contributed by atoms with Crippen LogP contribution in [-0.2, 0) is 23.5 Å². The first-order valence-electron chi connectivity index (χ1n) is 8.92. The van der Waals surface area contributed by atoms with Crippen molar-refractivity contribution >= 4 is 22.1 Å². The number of allylic oxidation sites excluding steroid dienone is 2. The number of thiophene rings is 1. The molecule has 2 aromatic heterocycles. The number of hydrogen-bond acceptors (Lipinski definition) is 5. The predicted molar refractivity (Wildman–Crippen MR) is 108 cm³/mol. The van der Waals surface area contributed by atoms with Gasteiger partial charge in [-0.3, -0.25) is 4.21 Å². The van der Waals surface area contributed by atoms with Crippen LogP contribution in [0.5, 0.6) is 0 Å². The normalized spacial score (nSPS) is 17.4. The van der Waals surface area contributed by atoms with E-state index in [1.807, 2.05) is 0 Å². The fourth-order valence-corrected chi connectivity index (χ4v) is 5.02. The zero-order chi connectivity index (χ0) is 20.9. The molecule has 154 valence electrons. The summed E-state index contributed by atoms with van der Waals surface area (Å²) >= 11 is 1.20. The lowest BCUT2D eigenvalue weighted by Crippen LogP contribution is -2.15. The van der Waals surface area contributed by atoms with Crippen LogP contribution in [0.1, 0.15) is 43.5 Å². The Morgan fingerprint density at radius 3 is 2.71 bits per heavy atom. The van der Waals surface area contributed by atoms with Gasteiger partial charge in [-0.2, -0.15) is 13.2 Å². The summed E-state index contributed by atoms with van der Waals surface area (Å²) in [6.07, 6.45) is -0.393. The van der Waals surface area contributed by atoms with Crippen molar-refractivity contribution in [2.45, 2.75) is 51.7 Å². The molecule has 1 aliphatic heterocycles. The summed E-state index contributed by atoms with van der Waals surface area (Å²) in [5.74, 6) is 0.726. The Kier molecular flexibility index (Phi) is 7.91. The summed E-state index contributed by atoms with van der Waals surface area (Å²) in [7, 11) is -1.20. The van der Waals surface area contributed by atoms with E-state index in [2.05, 4.69) is 42.1 Å². The molecule has 0 spiro atoms. The molecule has 1 aliphatic rings. The molecule has 28 heavy (non-hydrogen) atoms. The van der Waals surface area contributed by atoms with Crippen LogP contribution in [0.15, 0.2) is 28.8 Å². The second-order valence-electron chi connectivity index (χ2n) is 6.29. The number of nitrogens with zero attached hydrogens (tertiary/aromatic N) is 2. The maximum Gasteiger partial charge on any atom is 0.420 e. The van der Waals surface area contributed by atoms with E-state index in [-0.39, 0.29) is 11.5 Å². The third-order valence-electron chi connectivity index (χ3n) is 4.26. The number of aryl methyl sites for hydroxylation is 1. The quantitative estimate of drug-likeness (QED) is 0.672. The Balaban J connectivity index is 0.000000409. The predicted octanol–water partition coefficient (Wildman–Crippen LogP) is 5.11. The first-order valence-corrected chi connectivity index (χ1v) is 11.1. The Morgan fingerprint density at radius 1 is 1.43 bits per heavy atom. The minimum atomic E-state index is -4.53. The molecule has 0 saturated heterocycles. The molecule has 0 fully saturated rings. The zero-order valence-electron chi connectivity index (χ0n) is 16.3. The van der Waals surface area contributed by atoms with Gasteiger partial charge in [0.15, 0.2) is 0 Å². The fraction of sp³-hybridized carbons (Fsp3) is 0.474. The van der Waals surface area contributed by atoms with Gasteiger partial charge < -0.3 is 5.32 Å². The molecule has 1 N–H and O–H groups in total. The topological polar surface area (TPSA) is 54.9 Å². The van der Waals surface area contributed by atoms with Crippen molar-refractivity contribution in [2.24, 2.45) is 0 Å². The highest BCUT2D eigenvalue weighted by Crippen LogP contribution is 2.40. The summed E-state index contributed by atoms with van der Waals surface area (Å²) in [4.78, 5) is 9.39. The lowest BCUT2D eigenvalue weighted by atomic mass is 10.2. The SMILES string of the molecule is C/C=C(\C)CC.Cc1ncc(C(F)(F)F)c(-c2cc3c(s2)CNCCS3=O)n1. The van der Waals surface area contributed by atoms with Gasteiger partial charge in [0.1, 0.15) is 11.4 Å². The minimum Gasteiger partial charge on any atom is -0.311 e. The monoisotopic (exact) mass is 431 g/mol. The van der Waals surface area contributed by atoms with Crippen LogP contribution < -0.4 is 5.32 Å². The summed E-state index contributed by atoms with van der Waals surface area (Å²) < 4.78 is 51.6. The van der Waals surface area contributed by atoms with Crippen LogP contribution in [-0.4, -0.2) is 26.5 Å². The van der Waals surface area contributed by atoms with E-state index in [4.69, 9.17) is 0 Å². The van der Waals surface area contributed by atoms with Crippen molar-refractivity contribution in [2.75, 3.05) is 12.3 Å². The van der Waals surface area contributed by atoms with E-state index in [1.165, 1.54) is 23.3 Å². The van der Waals surface area contributed by atoms with Gasteiger partial charge in [0, 0.05) is 29.9 Å². The molecule has 0 radical (unpaired) electrons. The summed E-state index contributed by atoms with van der Waals surface area (Å²) in [6, 6.07) is 1.57. The van der Waals surface area contributed by atoms with Gasteiger partial charge in [0.2, 0.25) is 0 Å². The van der Waals surface area contributed by atoms with Crippen LogP contribution in [0, 0.1) is 6.92 Å². The fourth-order valence-electron chi connectivity index (χ4n) is 2.39. The first kappa shape index (κ1) is 22.7. The molecule has 1 atom stereocenters. The smallest absolute Gasteiger partial charge is 0.311 e. The van der Waals surface area contributed by atoms with Crippen molar-refractivity contribution in [3.8, 4) is 10.6 Å². The van der Waals surface area contributed by atoms with Gasteiger partial charge in [-0.25, -0.2) is 9.97 Å². The van der Waals surface area contributed by atoms with E-state index in [0.717, 1.165) is 11.1 Å². The molecule has 3 rings (SSSR count). The standard InChI is InChI=1S/C13H12F3N3OS2.C6H12/c1-7-18-5-8(13(14,15)16)12(19-7)9-4-11-10(21-9)6-17-2-3-22(11)20;1-4-6(3)5-2/h4-5,17H,2-3,6H2,1H3;4H,5H2,1-3H3/b;6-4+. The van der Waals surface area contributed by atoms with E-state index in [9.17, 15) is 17.4 Å². The van der Waals surface area contributed by atoms with Crippen molar-refractivity contribution < 1.29 is 17.4 Å². The number of nitrogens with one attached hydrogen (secondary N) is 1. The number of hydrogen-bond donors (Lipinski definition) is 1. The third kappa shape index (κ3) is 5.71. The van der Waals surface area contributed by atoms with Crippen LogP contribution >= 0.6 is 11.3 Å². The van der Waals surface area contributed by atoms with Crippen LogP contribution in [0.25, 0.3) is 10.6 Å². The number of aromatic nitrogens is 2. The van der Waals surface area contributed by atoms with Gasteiger partial charge in [0.25, 0.3) is 0 Å². The molecule has 4 nitrogen and oxygen atoms in total. The maximum atomic E-state index is 13.1. The molecular weight excluding hydrogens is 407 g/mol. The van der Waals surface area contributed by atoms with Gasteiger partial charge in [-0.1, -0.05) is 18.6 Å². The lowest BCUT2D eigenvalue weighted by Gasteiger charge is -2.10. The first-order chi connectivity index (χ1) is 13.2. The van der Waals surface area contributed by atoms with Gasteiger partial charge in [0.05, 0.1) is 26.3 Å². The van der Waals surface area contributed by atoms with Crippen LogP contribution in [0.3, 0.4) is 0 Å². The molecule has 0 aromatic carbocycles. The second kappa shape index (κ2) is 9.76. The number of fused-ring (bicyclic) bond motifs is 1. The van der Waals surface area contributed by atoms with Gasteiger partial charge >= 0.3 is 6.18 Å². The Morgan fingerprint density at radius 2 is 2.14 bits per heavy atom. The molecular formula is C19H24F3N3OS2. The largest absolute Gasteiger partial charge is 0.420 e. The minimum absolute atomic E-state index is 0.143. The highest BCUT2D eigenvalue weighted by atomic mass is 32.2. The van der Waals surface area contributed by atoms with E-state index in [1.54, 1.807) is 13.0 Å². The van der Waals surface area contributed by atoms with Crippen molar-refractivity contribution in [1.29, 1.82) is 0 Å². The number of rotatable bonds is 2. The van der Waals surface area contributed by atoms with E-state index in [0.29, 0.717) is 28.6 Å². The lowest BCUT2D eigenvalue weighted by molar-refractivity contribution is -0.137. The molecule has 0 amide bonds. The summed E-state index contributed by atoms with van der Waals surface area (Å²) in [6.45, 7) is 9.05. The number of halogens is 3. The Bertz CT molecular complexity index is 876. The van der Waals surface area contributed by atoms with Crippen LogP contribution in [0.2, 0.25) is 0 Å². The molecule has 1 unspecified atom stereocenters. The van der Waals surface area contributed by atoms with E-state index < -0.39 is 22.5 Å². The average Bonchev–Trinajstić information content (AvgIpc) is 3.00. The van der Waals surface area contributed by atoms with Gasteiger partial charge in [-0.05, 0) is 33.3 Å². The third-order valence-corrected chi connectivity index (χ3v) is 6.96. The molecule has 3 heterocycles. The highest BCUT2D eigenvalue weighted by Gasteiger charge is 2.36. The molecule has 9 heteroatoms. The summed E-state index contributed by atoms with van der Waals surface area (Å²) in [5.41, 5.74) is 0.457. The second-order valence-corrected chi connectivity index (χ2v) is 8.97. The molecule has 0 saturated carbocycles. The zero-order valence-corrected chi connectivity index (χ0v) is 17.9. The van der Waals surface area contributed by atoms with Crippen LogP contribution in [0.4, 0.5) is 13.2 Å².